The number of rotatable bonds is 20. The fraction of sp³-hybridized carbons (Fsp3) is 0.567. The molecular formula is C67H93Cs2I2N2O17SSi+. The van der Waals surface area contributed by atoms with Gasteiger partial charge in [-0.1, -0.05) is 114 Å². The Bertz CT molecular complexity index is 3110. The van der Waals surface area contributed by atoms with E-state index >= 15 is 0 Å². The Morgan fingerprint density at radius 3 is 1.35 bits per heavy atom. The van der Waals surface area contributed by atoms with E-state index in [9.17, 15) is 32.7 Å². The van der Waals surface area contributed by atoms with Crippen molar-refractivity contribution in [2.75, 3.05) is 53.3 Å². The number of likely N-dealkylation sites (tertiary alicyclic amines) is 2. The number of carbonyl (C=O) groups excluding carboxylic acids is 4. The maximum Gasteiger partial charge on any atom is 1.00 e. The van der Waals surface area contributed by atoms with Crippen molar-refractivity contribution in [3.63, 3.8) is 0 Å². The molecule has 0 unspecified atom stereocenters. The van der Waals surface area contributed by atoms with Crippen LogP contribution in [0.3, 0.4) is 0 Å². The number of aromatic hydroxyl groups is 1. The van der Waals surface area contributed by atoms with Gasteiger partial charge in [-0.25, -0.2) is 9.59 Å². The van der Waals surface area contributed by atoms with E-state index in [1.165, 1.54) is 14.2 Å². The van der Waals surface area contributed by atoms with Crippen LogP contribution in [0.1, 0.15) is 138 Å². The zero-order valence-corrected chi connectivity index (χ0v) is 75.4. The maximum atomic E-state index is 12.4. The minimum atomic E-state index is -3.74. The number of amides is 2. The van der Waals surface area contributed by atoms with Crippen LogP contribution in [0.15, 0.2) is 97.1 Å². The minimum absolute atomic E-state index is 0. The van der Waals surface area contributed by atoms with Gasteiger partial charge in [0, 0.05) is 38.0 Å². The van der Waals surface area contributed by atoms with Crippen LogP contribution in [0.5, 0.6) is 11.5 Å². The fourth-order valence-electron chi connectivity index (χ4n) is 11.6. The molecule has 2 aliphatic carbocycles. The van der Waals surface area contributed by atoms with E-state index in [0.29, 0.717) is 38.0 Å². The first-order valence-corrected chi connectivity index (χ1v) is 36.4. The van der Waals surface area contributed by atoms with Gasteiger partial charge in [-0.15, -0.1) is 0 Å². The number of phenols is 1. The molecule has 2 aliphatic heterocycles. The van der Waals surface area contributed by atoms with Crippen molar-refractivity contribution >= 4 is 104 Å². The van der Waals surface area contributed by atoms with Crippen LogP contribution < -0.4 is 158 Å². The average Bonchev–Trinajstić information content (AvgIpc) is 0.867. The summed E-state index contributed by atoms with van der Waals surface area (Å²) in [5, 5.41) is 27.1. The third kappa shape index (κ3) is 25.9. The van der Waals surface area contributed by atoms with Crippen molar-refractivity contribution in [3.05, 3.63) is 115 Å². The number of methoxy groups -OCH3 is 2. The molecule has 4 aliphatic rings. The van der Waals surface area contributed by atoms with E-state index < -0.39 is 48.0 Å². The number of phenolic OH excluding ortho intramolecular Hbond substituents is 1. The second-order valence-corrected chi connectivity index (χ2v) is 34.9. The number of halogens is 2. The zero-order chi connectivity index (χ0) is 67.3. The van der Waals surface area contributed by atoms with Gasteiger partial charge in [0.15, 0.2) is 0 Å². The van der Waals surface area contributed by atoms with Crippen molar-refractivity contribution < 1.29 is 218 Å². The molecule has 19 nitrogen and oxygen atoms in total. The number of hydrogen-bond donors (Lipinski definition) is 2. The first-order chi connectivity index (χ1) is 41.9. The van der Waals surface area contributed by atoms with Gasteiger partial charge in [0.25, 0.3) is 18.4 Å². The Hall–Kier alpha value is -1.12. The van der Waals surface area contributed by atoms with Crippen LogP contribution >= 0.6 is 45.2 Å². The summed E-state index contributed by atoms with van der Waals surface area (Å²) in [7, 11) is -3.74. The summed E-state index contributed by atoms with van der Waals surface area (Å²) in [5.41, 5.74) is 1.09. The van der Waals surface area contributed by atoms with Crippen LogP contribution in [0.4, 0.5) is 14.4 Å². The topological polar surface area (TPSA) is 254 Å². The van der Waals surface area contributed by atoms with Gasteiger partial charge in [0.05, 0.1) is 46.1 Å². The summed E-state index contributed by atoms with van der Waals surface area (Å²) < 4.78 is 66.0. The summed E-state index contributed by atoms with van der Waals surface area (Å²) >= 11 is 4.40. The van der Waals surface area contributed by atoms with Gasteiger partial charge in [-0.05, 0) is 193 Å². The maximum absolute atomic E-state index is 12.4. The molecule has 92 heavy (non-hydrogen) atoms. The standard InChI is InChI=1S/C27H39NO6SSi.C25H36INO5.C14H17IO3.CH2O3.2Cs/c1-26(2,3)33-25(29)28-18-21(19-28)24(34-35(7,30)31)20-32-36(27(4,5)6,22-14-10-8-11-15-22)23-16-12-9-13-17-23;1-7-20(18-13-27(14-18)24(29)32-25(3,4)5)31-21-12-17(10-11-19(21)26)22(16-8-9-16)15(2)23(28)30-6;1-8(14(17)18-2)13(9-3-4-9)10-5-6-11(15)12(16)7-10;2-1(3)4;;/h8-17,21,24H,18-20H2,1-7H3;10-12,15-16,18,20,22H,7-9,13-14H2,1-6H3;5-9,13,16H,3-4H2,1-2H3;(H2,2,3,4);;/q;;;;2*+1/p-1/t24-;15-,20-,22-;8-,13-;;;/m100.../s1. The number of nitrogens with zero attached hydrogens (tertiary/aromatic N) is 2. The number of carbonyl (C=O) groups is 5. The molecule has 4 aromatic carbocycles. The van der Waals surface area contributed by atoms with Crippen molar-refractivity contribution in [1.82, 2.24) is 9.80 Å². The Balaban J connectivity index is 0.000000361. The van der Waals surface area contributed by atoms with Gasteiger partial charge >= 0.3 is 162 Å². The van der Waals surface area contributed by atoms with Crippen molar-refractivity contribution in [2.24, 2.45) is 35.5 Å². The molecule has 498 valence electrons. The molecule has 0 spiro atoms. The quantitative estimate of drug-likeness (QED) is 0.0360. The molecule has 25 heteroatoms. The average molecular weight is 1780 g/mol. The molecule has 2 saturated heterocycles. The van der Waals surface area contributed by atoms with Crippen molar-refractivity contribution in [3.8, 4) is 11.5 Å². The van der Waals surface area contributed by atoms with Crippen molar-refractivity contribution in [2.45, 2.75) is 155 Å². The molecule has 2 heterocycles. The van der Waals surface area contributed by atoms with Crippen molar-refractivity contribution in [1.29, 1.82) is 0 Å². The van der Waals surface area contributed by atoms with Crippen LogP contribution in [0.2, 0.25) is 5.04 Å². The molecule has 4 aromatic rings. The predicted octanol–water partition coefficient (Wildman–Crippen LogP) is 5.59. The summed E-state index contributed by atoms with van der Waals surface area (Å²) in [5.74, 6) is 1.91. The largest absolute Gasteiger partial charge is 1.00 e. The number of benzene rings is 4. The SMILES string of the molecule is CC(C)(C)OC(=O)N1CC([C@@H](CO[Si](c2ccccc2)(c2ccccc2)C(C)(C)C)OS(C)(=O)=O)C1.CC[C@H](Oc1cc([C@H](C2CC2)[C@H](C)C(=O)OC)ccc1I)C1CN(C(=O)OC(C)(C)C)C1.COC(=O)[C@@H](C)[C@H](c1ccc(I)c(O)c1)C1CC1.O=C([O-])O.[Cs+].[Cs+]. The predicted molar refractivity (Wildman–Crippen MR) is 362 cm³/mol. The minimum Gasteiger partial charge on any atom is -0.565 e. The first kappa shape index (κ1) is 85.1. The van der Waals surface area contributed by atoms with Gasteiger partial charge in [0.1, 0.15) is 34.9 Å². The third-order valence-electron chi connectivity index (χ3n) is 16.2. The normalized spacial score (nSPS) is 17.0. The second-order valence-electron chi connectivity index (χ2n) is 26.7. The molecule has 2 amide bonds. The molecule has 0 radical (unpaired) electrons. The van der Waals surface area contributed by atoms with E-state index in [-0.39, 0.29) is 215 Å². The van der Waals surface area contributed by atoms with E-state index in [0.717, 1.165) is 72.8 Å². The van der Waals surface area contributed by atoms with E-state index in [2.05, 4.69) is 115 Å². The Morgan fingerprint density at radius 1 is 0.630 bits per heavy atom. The smallest absolute Gasteiger partial charge is 0.565 e. The number of carboxylic acid groups (broad SMARTS) is 2. The van der Waals surface area contributed by atoms with Gasteiger partial charge < -0.3 is 58.0 Å². The fourth-order valence-corrected chi connectivity index (χ4v) is 17.7. The summed E-state index contributed by atoms with van der Waals surface area (Å²) in [6.45, 7) is 25.6. The molecule has 8 rings (SSSR count). The van der Waals surface area contributed by atoms with E-state index in [1.807, 2.05) is 104 Å². The van der Waals surface area contributed by atoms with E-state index in [4.69, 9.17) is 47.3 Å². The van der Waals surface area contributed by atoms with Crippen LogP contribution in [0, 0.1) is 42.6 Å². The number of esters is 2. The third-order valence-corrected chi connectivity index (χ3v) is 23.6. The molecular weight excluding hydrogens is 1680 g/mol. The van der Waals surface area contributed by atoms with Crippen LogP contribution in [-0.4, -0.2) is 144 Å². The number of ether oxygens (including phenoxy) is 5. The second kappa shape index (κ2) is 37.9. The zero-order valence-electron chi connectivity index (χ0n) is 56.7. The van der Waals surface area contributed by atoms with Gasteiger partial charge in [0.2, 0.25) is 6.16 Å². The van der Waals surface area contributed by atoms with E-state index in [1.54, 1.807) is 15.9 Å². The number of hydrogen-bond acceptors (Lipinski definition) is 16. The monoisotopic (exact) mass is 1780 g/mol. The molecule has 2 N–H and O–H groups in total. The molecule has 0 bridgehead atoms. The van der Waals surface area contributed by atoms with Crippen LogP contribution in [-0.2, 0) is 47.3 Å². The van der Waals surface area contributed by atoms with Gasteiger partial charge in [-0.3, -0.25) is 13.8 Å². The van der Waals surface area contributed by atoms with Crippen LogP contribution in [0.25, 0.3) is 0 Å². The summed E-state index contributed by atoms with van der Waals surface area (Å²) in [4.78, 5) is 60.4. The Morgan fingerprint density at radius 2 is 1.01 bits per heavy atom. The summed E-state index contributed by atoms with van der Waals surface area (Å²) in [6.07, 6.45) is 3.05. The van der Waals surface area contributed by atoms with Gasteiger partial charge in [-0.2, -0.15) is 8.42 Å². The molecule has 4 fully saturated rings. The molecule has 0 aromatic heterocycles. The Kier molecular flexibility index (Phi) is 35.1. The Labute approximate surface area is 691 Å². The summed E-state index contributed by atoms with van der Waals surface area (Å²) in [6, 6.07) is 32.3. The first-order valence-electron chi connectivity index (χ1n) is 30.5. The molecule has 2 saturated carbocycles. The molecule has 6 atom stereocenters.